The second kappa shape index (κ2) is 28.9. The van der Waals surface area contributed by atoms with E-state index >= 15 is 0 Å². The molecule has 0 aromatic heterocycles. The highest BCUT2D eigenvalue weighted by Gasteiger charge is 2.39. The minimum atomic E-state index is -5.08. The van der Waals surface area contributed by atoms with Gasteiger partial charge in [0, 0.05) is 19.6 Å². The monoisotopic (exact) mass is 729 g/mol. The normalized spacial score (nSPS) is 10.7. The predicted molar refractivity (Wildman–Crippen MR) is 148 cm³/mol. The van der Waals surface area contributed by atoms with E-state index < -0.39 is 42.5 Å². The lowest BCUT2D eigenvalue weighted by Crippen LogP contribution is -2.33. The standard InChI is InChI=1S/C17H37N7O3.3C2HF3O2/c18-8-7-10-21-9-5-6-13-24-17(26)27-14-15(25)22-11-3-1-2-4-12-23-16(19)20;3*3-2(4,5)1(6)7/h21H,1-14,18H2,(H,22,25)(H,24,26)(H4,19,20,23);3*(H,6,7). The Balaban J connectivity index is -0.000000369. The van der Waals surface area contributed by atoms with Crippen LogP contribution in [0.5, 0.6) is 0 Å². The molecular weight excluding hydrogens is 689 g/mol. The zero-order valence-electron chi connectivity index (χ0n) is 25.2. The van der Waals surface area contributed by atoms with Gasteiger partial charge in [-0.15, -0.1) is 0 Å². The van der Waals surface area contributed by atoms with Crippen molar-refractivity contribution in [3.8, 4) is 0 Å². The molecule has 0 bridgehead atoms. The van der Waals surface area contributed by atoms with Crippen LogP contribution in [0, 0.1) is 5.41 Å². The Morgan fingerprint density at radius 2 is 0.917 bits per heavy atom. The molecule has 0 spiro atoms. The van der Waals surface area contributed by atoms with E-state index in [2.05, 4.69) is 21.3 Å². The van der Waals surface area contributed by atoms with Crippen LogP contribution in [0.4, 0.5) is 44.3 Å². The molecule has 2 amide bonds. The van der Waals surface area contributed by atoms with Gasteiger partial charge in [-0.25, -0.2) is 19.2 Å². The van der Waals surface area contributed by atoms with E-state index in [-0.39, 0.29) is 18.5 Å². The average Bonchev–Trinajstić information content (AvgIpc) is 2.94. The van der Waals surface area contributed by atoms with Crippen LogP contribution in [0.1, 0.15) is 44.9 Å². The SMILES string of the molecule is N=C(N)NCCCCCCNC(=O)COC(=O)NCCCCNCCCN.O=C(O)C(F)(F)F.O=C(O)C(F)(F)F.O=C(O)C(F)(F)F. The summed E-state index contributed by atoms with van der Waals surface area (Å²) in [5.74, 6) is -8.58. The Hall–Kier alpha value is -4.29. The van der Waals surface area contributed by atoms with Crippen molar-refractivity contribution >= 4 is 35.9 Å². The highest BCUT2D eigenvalue weighted by Crippen LogP contribution is 2.14. The molecule has 0 atom stereocenters. The fourth-order valence-electron chi connectivity index (χ4n) is 2.21. The van der Waals surface area contributed by atoms with E-state index in [1.54, 1.807) is 0 Å². The summed E-state index contributed by atoms with van der Waals surface area (Å²) in [5.41, 5.74) is 10.6. The summed E-state index contributed by atoms with van der Waals surface area (Å²) in [5, 5.41) is 39.7. The van der Waals surface area contributed by atoms with Gasteiger partial charge in [-0.05, 0) is 51.7 Å². The van der Waals surface area contributed by atoms with Crippen LogP contribution < -0.4 is 32.7 Å². The van der Waals surface area contributed by atoms with Crippen molar-refractivity contribution in [3.63, 3.8) is 0 Å². The van der Waals surface area contributed by atoms with Gasteiger partial charge in [-0.2, -0.15) is 39.5 Å². The van der Waals surface area contributed by atoms with Crippen LogP contribution in [0.3, 0.4) is 0 Å². The highest BCUT2D eigenvalue weighted by molar-refractivity contribution is 5.80. The van der Waals surface area contributed by atoms with Crippen molar-refractivity contribution < 1.29 is 83.5 Å². The third-order valence-electron chi connectivity index (χ3n) is 4.41. The maximum absolute atomic E-state index is 11.6. The molecule has 12 N–H and O–H groups in total. The minimum absolute atomic E-state index is 0.0124. The predicted octanol–water partition coefficient (Wildman–Crippen LogP) is 1.49. The third kappa shape index (κ3) is 43.8. The number of hydrogen-bond acceptors (Lipinski definition) is 9. The first-order valence-corrected chi connectivity index (χ1v) is 13.5. The van der Waals surface area contributed by atoms with Gasteiger partial charge in [0.2, 0.25) is 0 Å². The second-order valence-corrected chi connectivity index (χ2v) is 8.62. The van der Waals surface area contributed by atoms with Gasteiger partial charge in [0.05, 0.1) is 0 Å². The number of aliphatic carboxylic acids is 3. The van der Waals surface area contributed by atoms with E-state index in [0.29, 0.717) is 26.2 Å². The van der Waals surface area contributed by atoms with E-state index in [1.807, 2.05) is 0 Å². The first kappa shape index (κ1) is 50.6. The van der Waals surface area contributed by atoms with E-state index in [4.69, 9.17) is 51.3 Å². The molecular formula is C23H40F9N7O9. The van der Waals surface area contributed by atoms with Gasteiger partial charge in [0.15, 0.2) is 12.6 Å². The molecule has 16 nitrogen and oxygen atoms in total. The summed E-state index contributed by atoms with van der Waals surface area (Å²) >= 11 is 0. The first-order chi connectivity index (χ1) is 21.9. The lowest BCUT2D eigenvalue weighted by Gasteiger charge is -2.08. The van der Waals surface area contributed by atoms with Crippen molar-refractivity contribution in [3.05, 3.63) is 0 Å². The summed E-state index contributed by atoms with van der Waals surface area (Å²) in [7, 11) is 0. The summed E-state index contributed by atoms with van der Waals surface area (Å²) in [4.78, 5) is 49.7. The zero-order valence-corrected chi connectivity index (χ0v) is 25.2. The molecule has 0 aromatic rings. The Bertz CT molecular complexity index is 881. The van der Waals surface area contributed by atoms with Gasteiger partial charge in [0.25, 0.3) is 5.91 Å². The Labute approximate surface area is 267 Å². The van der Waals surface area contributed by atoms with Crippen molar-refractivity contribution in [2.75, 3.05) is 45.9 Å². The molecule has 0 rings (SSSR count). The molecule has 0 saturated heterocycles. The first-order valence-electron chi connectivity index (χ1n) is 13.5. The van der Waals surface area contributed by atoms with Crippen LogP contribution in [-0.4, -0.2) is 116 Å². The topological polar surface area (TPSA) is 279 Å². The van der Waals surface area contributed by atoms with Gasteiger partial charge in [-0.3, -0.25) is 10.2 Å². The van der Waals surface area contributed by atoms with Gasteiger partial charge >= 0.3 is 42.5 Å². The number of guanidine groups is 1. The van der Waals surface area contributed by atoms with Crippen molar-refractivity contribution in [1.29, 1.82) is 5.41 Å². The lowest BCUT2D eigenvalue weighted by molar-refractivity contribution is -0.193. The summed E-state index contributed by atoms with van der Waals surface area (Å²) in [6.07, 6.45) is -9.29. The summed E-state index contributed by atoms with van der Waals surface area (Å²) in [6, 6.07) is 0. The van der Waals surface area contributed by atoms with Crippen LogP contribution in [0.25, 0.3) is 0 Å². The molecule has 0 aliphatic carbocycles. The van der Waals surface area contributed by atoms with Crippen molar-refractivity contribution in [2.24, 2.45) is 11.5 Å². The number of amides is 2. The number of carboxylic acid groups (broad SMARTS) is 3. The number of carbonyl (C=O) groups excluding carboxylic acids is 2. The number of alkyl carbamates (subject to hydrolysis) is 1. The molecule has 0 aliphatic rings. The lowest BCUT2D eigenvalue weighted by atomic mass is 10.2. The van der Waals surface area contributed by atoms with Gasteiger partial charge in [-0.1, -0.05) is 12.8 Å². The number of halogens is 9. The number of rotatable bonds is 17. The summed E-state index contributed by atoms with van der Waals surface area (Å²) in [6.45, 7) is 4.00. The van der Waals surface area contributed by atoms with Crippen LogP contribution in [-0.2, 0) is 23.9 Å². The minimum Gasteiger partial charge on any atom is -0.475 e. The maximum atomic E-state index is 11.6. The largest absolute Gasteiger partial charge is 0.490 e. The number of nitrogens with one attached hydrogen (secondary N) is 5. The molecule has 25 heteroatoms. The second-order valence-electron chi connectivity index (χ2n) is 8.62. The molecule has 0 aliphatic heterocycles. The van der Waals surface area contributed by atoms with Crippen LogP contribution >= 0.6 is 0 Å². The average molecular weight is 730 g/mol. The number of unbranched alkanes of at least 4 members (excludes halogenated alkanes) is 4. The fraction of sp³-hybridized carbons (Fsp3) is 0.739. The highest BCUT2D eigenvalue weighted by atomic mass is 19.4. The van der Waals surface area contributed by atoms with Crippen molar-refractivity contribution in [2.45, 2.75) is 63.5 Å². The number of carbonyl (C=O) groups is 5. The Morgan fingerprint density at radius 3 is 1.29 bits per heavy atom. The fourth-order valence-corrected chi connectivity index (χ4v) is 2.21. The van der Waals surface area contributed by atoms with Crippen molar-refractivity contribution in [1.82, 2.24) is 21.3 Å². The quantitative estimate of drug-likeness (QED) is 0.0440. The zero-order chi connectivity index (χ0) is 38.4. The number of nitrogens with two attached hydrogens (primary N) is 2. The molecule has 0 unspecified atom stereocenters. The molecule has 0 saturated carbocycles. The molecule has 0 radical (unpaired) electrons. The van der Waals surface area contributed by atoms with Gasteiger partial charge in [0.1, 0.15) is 0 Å². The van der Waals surface area contributed by atoms with Gasteiger partial charge < -0.3 is 52.8 Å². The number of ether oxygens (including phenoxy) is 1. The number of hydrogen-bond donors (Lipinski definition) is 10. The Morgan fingerprint density at radius 1 is 0.583 bits per heavy atom. The van der Waals surface area contributed by atoms with E-state index in [0.717, 1.165) is 58.0 Å². The number of carboxylic acids is 3. The number of alkyl halides is 9. The Kier molecular flexibility index (Phi) is 30.4. The summed E-state index contributed by atoms with van der Waals surface area (Å²) < 4.78 is 100. The molecule has 284 valence electrons. The molecule has 0 fully saturated rings. The smallest absolute Gasteiger partial charge is 0.475 e. The van der Waals surface area contributed by atoms with Crippen LogP contribution in [0.15, 0.2) is 0 Å². The molecule has 48 heavy (non-hydrogen) atoms. The van der Waals surface area contributed by atoms with E-state index in [9.17, 15) is 49.1 Å². The molecule has 0 aromatic carbocycles. The van der Waals surface area contributed by atoms with E-state index in [1.165, 1.54) is 0 Å². The maximum Gasteiger partial charge on any atom is 0.490 e. The van der Waals surface area contributed by atoms with Crippen LogP contribution in [0.2, 0.25) is 0 Å². The third-order valence-corrected chi connectivity index (χ3v) is 4.41. The molecule has 0 heterocycles.